The van der Waals surface area contributed by atoms with Crippen LogP contribution in [0, 0.1) is 12.8 Å². The summed E-state index contributed by atoms with van der Waals surface area (Å²) >= 11 is 0. The Bertz CT molecular complexity index is 366. The number of likely N-dealkylation sites (tertiary alicyclic amines) is 1. The van der Waals surface area contributed by atoms with E-state index in [1.165, 1.54) is 0 Å². The number of aromatic amines is 1. The van der Waals surface area contributed by atoms with Gasteiger partial charge in [-0.1, -0.05) is 0 Å². The van der Waals surface area contributed by atoms with Gasteiger partial charge in [0.25, 0.3) is 0 Å². The highest BCUT2D eigenvalue weighted by Gasteiger charge is 2.23. The molecule has 0 radical (unpaired) electrons. The van der Waals surface area contributed by atoms with Gasteiger partial charge in [-0.25, -0.2) is 4.98 Å². The molecule has 16 heavy (non-hydrogen) atoms. The summed E-state index contributed by atoms with van der Waals surface area (Å²) in [7, 11) is 0. The number of aromatic nitrogens is 2. The molecule has 0 atom stereocenters. The number of imidazole rings is 1. The smallest absolute Gasteiger partial charge is 0.220 e. The van der Waals surface area contributed by atoms with Gasteiger partial charge in [-0.15, -0.1) is 0 Å². The molecule has 5 nitrogen and oxygen atoms in total. The Kier molecular flexibility index (Phi) is 3.24. The molecule has 1 aliphatic heterocycles. The number of hydrogen-bond acceptors (Lipinski definition) is 3. The Morgan fingerprint density at radius 2 is 2.31 bits per heavy atom. The second kappa shape index (κ2) is 4.65. The Morgan fingerprint density at radius 3 is 2.81 bits per heavy atom. The fraction of sp³-hybridized carbons (Fsp3) is 0.636. The lowest BCUT2D eigenvalue weighted by atomic mass is 9.96. The van der Waals surface area contributed by atoms with Crippen molar-refractivity contribution in [2.75, 3.05) is 13.1 Å². The highest BCUT2D eigenvalue weighted by Crippen LogP contribution is 2.18. The van der Waals surface area contributed by atoms with E-state index in [4.69, 9.17) is 5.73 Å². The molecular weight excluding hydrogens is 204 g/mol. The highest BCUT2D eigenvalue weighted by atomic mass is 16.1. The number of nitrogens with one attached hydrogen (secondary N) is 1. The molecule has 1 aromatic rings. The standard InChI is InChI=1S/C11H18N4O/c1-8-10(14-7-13-8)6-15-4-2-9(3-5-15)11(12)16/h7,9H,2-6H2,1H3,(H2,12,16)(H,13,14). The molecule has 3 N–H and O–H groups in total. The molecule has 0 aliphatic carbocycles. The molecule has 1 saturated heterocycles. The SMILES string of the molecule is Cc1[nH]cnc1CN1CCC(C(N)=O)CC1. The predicted octanol–water partition coefficient (Wildman–Crippen LogP) is 0.415. The number of carbonyl (C=O) groups excluding carboxylic acids is 1. The highest BCUT2D eigenvalue weighted by molar-refractivity contribution is 5.76. The van der Waals surface area contributed by atoms with Gasteiger partial charge in [-0.3, -0.25) is 9.69 Å². The second-order valence-electron chi connectivity index (χ2n) is 4.43. The first-order valence-corrected chi connectivity index (χ1v) is 5.67. The molecule has 5 heteroatoms. The minimum atomic E-state index is -0.157. The molecule has 2 rings (SSSR count). The lowest BCUT2D eigenvalue weighted by molar-refractivity contribution is -0.123. The number of aryl methyl sites for hydroxylation is 1. The second-order valence-corrected chi connectivity index (χ2v) is 4.43. The van der Waals surface area contributed by atoms with Crippen LogP contribution in [0.5, 0.6) is 0 Å². The normalized spacial score (nSPS) is 18.8. The summed E-state index contributed by atoms with van der Waals surface area (Å²) in [5.41, 5.74) is 7.52. The first-order chi connectivity index (χ1) is 7.66. The summed E-state index contributed by atoms with van der Waals surface area (Å²) in [5, 5.41) is 0. The van der Waals surface area contributed by atoms with Crippen molar-refractivity contribution in [3.8, 4) is 0 Å². The van der Waals surface area contributed by atoms with Gasteiger partial charge in [0.15, 0.2) is 0 Å². The molecule has 0 unspecified atom stereocenters. The number of amides is 1. The van der Waals surface area contributed by atoms with Crippen molar-refractivity contribution in [1.82, 2.24) is 14.9 Å². The zero-order chi connectivity index (χ0) is 11.5. The molecule has 0 spiro atoms. The van der Waals surface area contributed by atoms with Crippen molar-refractivity contribution in [3.05, 3.63) is 17.7 Å². The predicted molar refractivity (Wildman–Crippen MR) is 60.5 cm³/mol. The van der Waals surface area contributed by atoms with Crippen molar-refractivity contribution < 1.29 is 4.79 Å². The van der Waals surface area contributed by atoms with Crippen molar-refractivity contribution in [2.45, 2.75) is 26.3 Å². The minimum Gasteiger partial charge on any atom is -0.369 e. The van der Waals surface area contributed by atoms with E-state index in [-0.39, 0.29) is 11.8 Å². The molecular formula is C11H18N4O. The van der Waals surface area contributed by atoms with Crippen LogP contribution in [0.25, 0.3) is 0 Å². The van der Waals surface area contributed by atoms with Gasteiger partial charge in [-0.05, 0) is 32.9 Å². The lowest BCUT2D eigenvalue weighted by Crippen LogP contribution is -2.38. The maximum absolute atomic E-state index is 11.0. The maximum Gasteiger partial charge on any atom is 0.220 e. The quantitative estimate of drug-likeness (QED) is 0.778. The van der Waals surface area contributed by atoms with Crippen LogP contribution < -0.4 is 5.73 Å². The third-order valence-electron chi connectivity index (χ3n) is 3.30. The van der Waals surface area contributed by atoms with Crippen molar-refractivity contribution in [2.24, 2.45) is 11.7 Å². The number of nitrogens with zero attached hydrogens (tertiary/aromatic N) is 2. The van der Waals surface area contributed by atoms with E-state index in [0.29, 0.717) is 0 Å². The van der Waals surface area contributed by atoms with Crippen LogP contribution in [0.3, 0.4) is 0 Å². The molecule has 88 valence electrons. The van der Waals surface area contributed by atoms with E-state index in [9.17, 15) is 4.79 Å². The van der Waals surface area contributed by atoms with Crippen molar-refractivity contribution in [1.29, 1.82) is 0 Å². The Hall–Kier alpha value is -1.36. The number of piperidine rings is 1. The average molecular weight is 222 g/mol. The van der Waals surface area contributed by atoms with E-state index in [1.54, 1.807) is 6.33 Å². The zero-order valence-electron chi connectivity index (χ0n) is 9.57. The van der Waals surface area contributed by atoms with Crippen LogP contribution in [0.2, 0.25) is 0 Å². The third kappa shape index (κ3) is 2.41. The van der Waals surface area contributed by atoms with Gasteiger partial charge in [0, 0.05) is 18.2 Å². The van der Waals surface area contributed by atoms with E-state index >= 15 is 0 Å². The number of primary amides is 1. The average Bonchev–Trinajstić information content (AvgIpc) is 2.65. The Balaban J connectivity index is 1.86. The lowest BCUT2D eigenvalue weighted by Gasteiger charge is -2.29. The number of hydrogen-bond donors (Lipinski definition) is 2. The summed E-state index contributed by atoms with van der Waals surface area (Å²) in [6.45, 7) is 4.75. The molecule has 0 aromatic carbocycles. The summed E-state index contributed by atoms with van der Waals surface area (Å²) in [4.78, 5) is 20.7. The molecule has 1 amide bonds. The van der Waals surface area contributed by atoms with Gasteiger partial charge >= 0.3 is 0 Å². The zero-order valence-corrected chi connectivity index (χ0v) is 9.57. The van der Waals surface area contributed by atoms with Gasteiger partial charge in [0.05, 0.1) is 12.0 Å². The fourth-order valence-electron chi connectivity index (χ4n) is 2.13. The molecule has 2 heterocycles. The van der Waals surface area contributed by atoms with Gasteiger partial charge in [0.1, 0.15) is 0 Å². The van der Waals surface area contributed by atoms with Crippen LogP contribution >= 0.6 is 0 Å². The van der Waals surface area contributed by atoms with E-state index < -0.39 is 0 Å². The molecule has 1 aliphatic rings. The molecule has 0 saturated carbocycles. The largest absolute Gasteiger partial charge is 0.369 e. The molecule has 0 bridgehead atoms. The Labute approximate surface area is 95.0 Å². The first kappa shape index (κ1) is 11.1. The monoisotopic (exact) mass is 222 g/mol. The first-order valence-electron chi connectivity index (χ1n) is 5.67. The molecule has 1 aromatic heterocycles. The number of carbonyl (C=O) groups is 1. The summed E-state index contributed by atoms with van der Waals surface area (Å²) in [6, 6.07) is 0. The van der Waals surface area contributed by atoms with Crippen LogP contribution in [-0.4, -0.2) is 33.9 Å². The summed E-state index contributed by atoms with van der Waals surface area (Å²) in [5.74, 6) is -0.0906. The van der Waals surface area contributed by atoms with Crippen LogP contribution in [0.15, 0.2) is 6.33 Å². The summed E-state index contributed by atoms with van der Waals surface area (Å²) in [6.07, 6.45) is 3.47. The van der Waals surface area contributed by atoms with E-state index in [1.807, 2.05) is 6.92 Å². The number of nitrogens with two attached hydrogens (primary N) is 1. The maximum atomic E-state index is 11.0. The van der Waals surface area contributed by atoms with Crippen molar-refractivity contribution in [3.63, 3.8) is 0 Å². The molecule has 1 fully saturated rings. The number of H-pyrrole nitrogens is 1. The minimum absolute atomic E-state index is 0.0662. The summed E-state index contributed by atoms with van der Waals surface area (Å²) < 4.78 is 0. The van der Waals surface area contributed by atoms with Gasteiger partial charge < -0.3 is 10.7 Å². The van der Waals surface area contributed by atoms with Gasteiger partial charge in [-0.2, -0.15) is 0 Å². The fourth-order valence-corrected chi connectivity index (χ4v) is 2.13. The van der Waals surface area contributed by atoms with Crippen LogP contribution in [0.4, 0.5) is 0 Å². The van der Waals surface area contributed by atoms with E-state index in [2.05, 4.69) is 14.9 Å². The van der Waals surface area contributed by atoms with Gasteiger partial charge in [0.2, 0.25) is 5.91 Å². The van der Waals surface area contributed by atoms with Crippen LogP contribution in [0.1, 0.15) is 24.2 Å². The third-order valence-corrected chi connectivity index (χ3v) is 3.30. The Morgan fingerprint density at radius 1 is 1.62 bits per heavy atom. The topological polar surface area (TPSA) is 75.0 Å². The number of rotatable bonds is 3. The van der Waals surface area contributed by atoms with E-state index in [0.717, 1.165) is 43.9 Å². The van der Waals surface area contributed by atoms with Crippen molar-refractivity contribution >= 4 is 5.91 Å². The van der Waals surface area contributed by atoms with Crippen LogP contribution in [-0.2, 0) is 11.3 Å².